The third-order valence-electron chi connectivity index (χ3n) is 1.34. The predicted octanol–water partition coefficient (Wildman–Crippen LogP) is 0.374. The molecule has 0 aliphatic heterocycles. The van der Waals surface area contributed by atoms with Gasteiger partial charge in [-0.15, -0.1) is 0 Å². The summed E-state index contributed by atoms with van der Waals surface area (Å²) in [6.07, 6.45) is 0.778. The SMILES string of the molecule is CC(C)(CO)CCNO. The molecule has 0 aliphatic carbocycles. The van der Waals surface area contributed by atoms with Gasteiger partial charge in [0.15, 0.2) is 0 Å². The highest BCUT2D eigenvalue weighted by molar-refractivity contribution is 4.66. The van der Waals surface area contributed by atoms with Gasteiger partial charge in [0, 0.05) is 13.2 Å². The maximum absolute atomic E-state index is 8.71. The lowest BCUT2D eigenvalue weighted by molar-refractivity contribution is 0.114. The average Bonchev–Trinajstić information content (AvgIpc) is 1.84. The lowest BCUT2D eigenvalue weighted by atomic mass is 9.91. The molecule has 0 aliphatic rings. The third-order valence-corrected chi connectivity index (χ3v) is 1.34. The van der Waals surface area contributed by atoms with E-state index >= 15 is 0 Å². The van der Waals surface area contributed by atoms with Crippen LogP contribution in [0.3, 0.4) is 0 Å². The molecule has 0 radical (unpaired) electrons. The molecule has 0 aromatic heterocycles. The van der Waals surface area contributed by atoms with Crippen molar-refractivity contribution in [2.24, 2.45) is 5.41 Å². The monoisotopic (exact) mass is 133 g/mol. The van der Waals surface area contributed by atoms with Crippen LogP contribution in [0.15, 0.2) is 0 Å². The quantitative estimate of drug-likeness (QED) is 0.486. The Balaban J connectivity index is 3.33. The van der Waals surface area contributed by atoms with Crippen LogP contribution < -0.4 is 5.48 Å². The summed E-state index contributed by atoms with van der Waals surface area (Å²) in [6, 6.07) is 0. The molecule has 56 valence electrons. The van der Waals surface area contributed by atoms with Gasteiger partial charge >= 0.3 is 0 Å². The van der Waals surface area contributed by atoms with Crippen LogP contribution in [-0.2, 0) is 0 Å². The molecule has 0 spiro atoms. The molecule has 0 rings (SSSR count). The van der Waals surface area contributed by atoms with Gasteiger partial charge in [0.25, 0.3) is 0 Å². The molecule has 0 fully saturated rings. The fraction of sp³-hybridized carbons (Fsp3) is 1.00. The minimum atomic E-state index is -0.0737. The second kappa shape index (κ2) is 3.82. The summed E-state index contributed by atoms with van der Waals surface area (Å²) >= 11 is 0. The molecular formula is C6H15NO2. The number of aliphatic hydroxyl groups is 1. The number of nitrogens with one attached hydrogen (secondary N) is 1. The highest BCUT2D eigenvalue weighted by atomic mass is 16.5. The molecule has 0 aromatic rings. The lowest BCUT2D eigenvalue weighted by Gasteiger charge is -2.20. The van der Waals surface area contributed by atoms with Crippen molar-refractivity contribution in [3.63, 3.8) is 0 Å². The molecule has 0 unspecified atom stereocenters. The Morgan fingerprint density at radius 1 is 1.44 bits per heavy atom. The van der Waals surface area contributed by atoms with E-state index in [4.69, 9.17) is 10.3 Å². The van der Waals surface area contributed by atoms with E-state index in [0.29, 0.717) is 6.54 Å². The summed E-state index contributed by atoms with van der Waals surface area (Å²) in [5, 5.41) is 16.9. The van der Waals surface area contributed by atoms with Gasteiger partial charge in [-0.25, -0.2) is 5.48 Å². The van der Waals surface area contributed by atoms with Crippen molar-refractivity contribution in [1.82, 2.24) is 5.48 Å². The van der Waals surface area contributed by atoms with Crippen LogP contribution in [0.2, 0.25) is 0 Å². The second-order valence-corrected chi connectivity index (χ2v) is 2.98. The first-order valence-corrected chi connectivity index (χ1v) is 3.10. The second-order valence-electron chi connectivity index (χ2n) is 2.98. The van der Waals surface area contributed by atoms with E-state index in [1.807, 2.05) is 19.3 Å². The van der Waals surface area contributed by atoms with Crippen molar-refractivity contribution < 1.29 is 10.3 Å². The maximum atomic E-state index is 8.71. The van der Waals surface area contributed by atoms with E-state index in [1.165, 1.54) is 0 Å². The van der Waals surface area contributed by atoms with E-state index in [-0.39, 0.29) is 12.0 Å². The average molecular weight is 133 g/mol. The zero-order chi connectivity index (χ0) is 7.33. The van der Waals surface area contributed by atoms with Gasteiger partial charge in [0.2, 0.25) is 0 Å². The number of hydroxylamine groups is 1. The van der Waals surface area contributed by atoms with E-state index in [0.717, 1.165) is 6.42 Å². The Morgan fingerprint density at radius 3 is 2.33 bits per heavy atom. The molecule has 0 heterocycles. The molecule has 0 amide bonds. The van der Waals surface area contributed by atoms with Crippen LogP contribution in [0.1, 0.15) is 20.3 Å². The van der Waals surface area contributed by atoms with Gasteiger partial charge in [-0.05, 0) is 11.8 Å². The van der Waals surface area contributed by atoms with Crippen molar-refractivity contribution in [1.29, 1.82) is 0 Å². The van der Waals surface area contributed by atoms with E-state index in [9.17, 15) is 0 Å². The summed E-state index contributed by atoms with van der Waals surface area (Å²) in [4.78, 5) is 0. The third kappa shape index (κ3) is 4.39. The van der Waals surface area contributed by atoms with Gasteiger partial charge in [-0.3, -0.25) is 0 Å². The van der Waals surface area contributed by atoms with Crippen LogP contribution >= 0.6 is 0 Å². The number of aliphatic hydroxyl groups excluding tert-OH is 1. The number of hydrogen-bond donors (Lipinski definition) is 3. The molecule has 3 N–H and O–H groups in total. The van der Waals surface area contributed by atoms with Gasteiger partial charge in [0.05, 0.1) is 0 Å². The molecule has 0 saturated carbocycles. The topological polar surface area (TPSA) is 52.5 Å². The lowest BCUT2D eigenvalue weighted by Crippen LogP contribution is -2.22. The highest BCUT2D eigenvalue weighted by Crippen LogP contribution is 2.17. The van der Waals surface area contributed by atoms with Gasteiger partial charge in [0.1, 0.15) is 0 Å². The van der Waals surface area contributed by atoms with Crippen molar-refractivity contribution in [2.75, 3.05) is 13.2 Å². The molecule has 9 heavy (non-hydrogen) atoms. The fourth-order valence-corrected chi connectivity index (χ4v) is 0.473. The molecule has 3 nitrogen and oxygen atoms in total. The maximum Gasteiger partial charge on any atom is 0.0482 e. The van der Waals surface area contributed by atoms with Crippen LogP contribution in [0.5, 0.6) is 0 Å². The van der Waals surface area contributed by atoms with E-state index in [1.54, 1.807) is 0 Å². The van der Waals surface area contributed by atoms with Crippen LogP contribution in [0, 0.1) is 5.41 Å². The first-order chi connectivity index (χ1) is 4.12. The molecule has 0 bridgehead atoms. The van der Waals surface area contributed by atoms with Crippen molar-refractivity contribution in [3.05, 3.63) is 0 Å². The fourth-order valence-electron chi connectivity index (χ4n) is 0.473. The van der Waals surface area contributed by atoms with Crippen molar-refractivity contribution in [2.45, 2.75) is 20.3 Å². The van der Waals surface area contributed by atoms with Gasteiger partial charge in [-0.2, -0.15) is 0 Å². The van der Waals surface area contributed by atoms with Crippen LogP contribution in [0.4, 0.5) is 0 Å². The molecule has 0 aromatic carbocycles. The van der Waals surface area contributed by atoms with Crippen molar-refractivity contribution in [3.8, 4) is 0 Å². The molecule has 0 saturated heterocycles. The minimum Gasteiger partial charge on any atom is -0.396 e. The van der Waals surface area contributed by atoms with Crippen LogP contribution in [-0.4, -0.2) is 23.5 Å². The van der Waals surface area contributed by atoms with Crippen molar-refractivity contribution >= 4 is 0 Å². The summed E-state index contributed by atoms with van der Waals surface area (Å²) in [5.41, 5.74) is 1.97. The Kier molecular flexibility index (Phi) is 3.77. The Hall–Kier alpha value is -0.120. The summed E-state index contributed by atoms with van der Waals surface area (Å²) in [6.45, 7) is 4.59. The van der Waals surface area contributed by atoms with E-state index in [2.05, 4.69) is 0 Å². The summed E-state index contributed by atoms with van der Waals surface area (Å²) in [5.74, 6) is 0. The first-order valence-electron chi connectivity index (χ1n) is 3.10. The number of rotatable bonds is 4. The Morgan fingerprint density at radius 2 is 2.00 bits per heavy atom. The first kappa shape index (κ1) is 8.88. The van der Waals surface area contributed by atoms with Gasteiger partial charge < -0.3 is 10.3 Å². The largest absolute Gasteiger partial charge is 0.396 e. The molecular weight excluding hydrogens is 118 g/mol. The zero-order valence-corrected chi connectivity index (χ0v) is 6.02. The number of hydrogen-bond acceptors (Lipinski definition) is 3. The highest BCUT2D eigenvalue weighted by Gasteiger charge is 2.14. The summed E-state index contributed by atoms with van der Waals surface area (Å²) < 4.78 is 0. The minimum absolute atomic E-state index is 0.0737. The molecule has 3 heteroatoms. The standard InChI is InChI=1S/C6H15NO2/c1-6(2,5-8)3-4-7-9/h7-9H,3-5H2,1-2H3. The normalized spacial score (nSPS) is 12.0. The van der Waals surface area contributed by atoms with Crippen LogP contribution in [0.25, 0.3) is 0 Å². The zero-order valence-electron chi connectivity index (χ0n) is 6.02. The predicted molar refractivity (Wildman–Crippen MR) is 35.3 cm³/mol. The Labute approximate surface area is 55.7 Å². The summed E-state index contributed by atoms with van der Waals surface area (Å²) in [7, 11) is 0. The molecule has 0 atom stereocenters. The van der Waals surface area contributed by atoms with E-state index < -0.39 is 0 Å². The Bertz CT molecular complexity index is 73.5. The smallest absolute Gasteiger partial charge is 0.0482 e. The van der Waals surface area contributed by atoms with Gasteiger partial charge in [-0.1, -0.05) is 13.8 Å².